The molecule has 0 saturated heterocycles. The Morgan fingerprint density at radius 2 is 0.906 bits per heavy atom. The molecular weight excluding hydrogens is 432 g/mol. The molecule has 0 aromatic heterocycles. The second-order valence-electron chi connectivity index (χ2n) is 5.53. The van der Waals surface area contributed by atoms with E-state index in [-0.39, 0.29) is 11.6 Å². The fourth-order valence-corrected chi connectivity index (χ4v) is 2.26. The van der Waals surface area contributed by atoms with Crippen LogP contribution in [0, 0.1) is 23.3 Å². The molecule has 2 aromatic carbocycles. The Labute approximate surface area is 184 Å². The van der Waals surface area contributed by atoms with Crippen molar-refractivity contribution in [3.63, 3.8) is 0 Å². The maximum absolute atomic E-state index is 13.0. The molecule has 5 nitrogen and oxygen atoms in total. The van der Waals surface area contributed by atoms with Crippen molar-refractivity contribution in [2.24, 2.45) is 0 Å². The third-order valence-electron chi connectivity index (χ3n) is 3.52. The normalized spacial score (nSPS) is 9.09. The number of carboxylic acids is 1. The van der Waals surface area contributed by atoms with Crippen LogP contribution in [0.15, 0.2) is 24.3 Å². The van der Waals surface area contributed by atoms with Crippen molar-refractivity contribution in [3.8, 4) is 0 Å². The van der Waals surface area contributed by atoms with Gasteiger partial charge in [-0.3, -0.25) is 14.4 Å². The van der Waals surface area contributed by atoms with Gasteiger partial charge in [-0.25, -0.2) is 22.4 Å². The average molecular weight is 458 g/mol. The molecule has 9 heteroatoms. The Kier molecular flexibility index (Phi) is 14.1. The molecule has 0 saturated carbocycles. The minimum atomic E-state index is -2.26. The first-order valence-electron chi connectivity index (χ1n) is 9.62. The second kappa shape index (κ2) is 14.6. The van der Waals surface area contributed by atoms with Crippen LogP contribution >= 0.6 is 0 Å². The third-order valence-corrected chi connectivity index (χ3v) is 3.52. The molecule has 0 aliphatic heterocycles. The summed E-state index contributed by atoms with van der Waals surface area (Å²) in [6.45, 7) is 11.6. The van der Waals surface area contributed by atoms with Crippen LogP contribution in [0.1, 0.15) is 89.9 Å². The van der Waals surface area contributed by atoms with Crippen LogP contribution in [-0.2, 0) is 0 Å². The maximum atomic E-state index is 13.0. The Bertz CT molecular complexity index is 907. The molecule has 2 rings (SSSR count). The first-order chi connectivity index (χ1) is 14.9. The van der Waals surface area contributed by atoms with Gasteiger partial charge in [-0.05, 0) is 20.8 Å². The molecule has 1 N–H and O–H groups in total. The van der Waals surface area contributed by atoms with Crippen molar-refractivity contribution in [1.82, 2.24) is 0 Å². The van der Waals surface area contributed by atoms with Crippen molar-refractivity contribution >= 4 is 23.3 Å². The number of aromatic carboxylic acids is 1. The molecule has 0 atom stereocenters. The minimum Gasteiger partial charge on any atom is -0.478 e. The van der Waals surface area contributed by atoms with Crippen molar-refractivity contribution in [3.05, 3.63) is 69.8 Å². The summed E-state index contributed by atoms with van der Waals surface area (Å²) in [5.74, 6) is -12.0. The zero-order valence-electron chi connectivity index (χ0n) is 18.9. The number of carbonyl (C=O) groups is 4. The topological polar surface area (TPSA) is 88.5 Å². The van der Waals surface area contributed by atoms with Crippen LogP contribution in [0.4, 0.5) is 17.6 Å². The SMILES string of the molecule is CC.CC.CC(=O)c1c(F)c(F)c(F)c(F)c1C(=O)O.CC(=O)c1ccccc1C(C)=O. The van der Waals surface area contributed by atoms with Gasteiger partial charge in [0, 0.05) is 11.1 Å². The van der Waals surface area contributed by atoms with E-state index >= 15 is 0 Å². The number of rotatable bonds is 4. The third kappa shape index (κ3) is 7.72. The lowest BCUT2D eigenvalue weighted by atomic mass is 10.0. The van der Waals surface area contributed by atoms with E-state index in [2.05, 4.69) is 0 Å². The predicted octanol–water partition coefficient (Wildman–Crippen LogP) is 6.29. The van der Waals surface area contributed by atoms with Crippen molar-refractivity contribution in [2.75, 3.05) is 0 Å². The van der Waals surface area contributed by atoms with E-state index in [1.54, 1.807) is 24.3 Å². The molecule has 0 aliphatic rings. The van der Waals surface area contributed by atoms with Crippen LogP contribution in [0.5, 0.6) is 0 Å². The number of hydrogen-bond donors (Lipinski definition) is 1. The Balaban J connectivity index is 0. The lowest BCUT2D eigenvalue weighted by Crippen LogP contribution is -2.16. The number of hydrogen-bond acceptors (Lipinski definition) is 4. The molecule has 2 aromatic rings. The van der Waals surface area contributed by atoms with Crippen LogP contribution in [0.2, 0.25) is 0 Å². The van der Waals surface area contributed by atoms with E-state index < -0.39 is 46.1 Å². The standard InChI is InChI=1S/C10H10O2.C9H4F4O3.2C2H6/c1-7(11)9-5-3-4-6-10(9)8(2)12;1-2(14)3-4(9(15)16)6(11)8(13)7(12)5(3)10;2*1-2/h3-6H,1-2H3;1H3,(H,15,16);2*1-2H3. The van der Waals surface area contributed by atoms with Gasteiger partial charge in [-0.1, -0.05) is 52.0 Å². The number of benzene rings is 2. The van der Waals surface area contributed by atoms with Crippen LogP contribution < -0.4 is 0 Å². The number of halogens is 4. The summed E-state index contributed by atoms with van der Waals surface area (Å²) < 4.78 is 51.5. The van der Waals surface area contributed by atoms with E-state index in [1.807, 2.05) is 27.7 Å². The van der Waals surface area contributed by atoms with Crippen molar-refractivity contribution < 1.29 is 41.8 Å². The molecule has 0 radical (unpaired) electrons. The summed E-state index contributed by atoms with van der Waals surface area (Å²) in [4.78, 5) is 43.4. The smallest absolute Gasteiger partial charge is 0.339 e. The van der Waals surface area contributed by atoms with E-state index in [4.69, 9.17) is 5.11 Å². The van der Waals surface area contributed by atoms with Gasteiger partial charge >= 0.3 is 5.97 Å². The van der Waals surface area contributed by atoms with Crippen LogP contribution in [-0.4, -0.2) is 28.4 Å². The van der Waals surface area contributed by atoms with Crippen molar-refractivity contribution in [1.29, 1.82) is 0 Å². The molecule has 0 amide bonds. The van der Waals surface area contributed by atoms with Gasteiger partial charge in [-0.2, -0.15) is 0 Å². The lowest BCUT2D eigenvalue weighted by Gasteiger charge is -2.07. The minimum absolute atomic E-state index is 0.0687. The number of carbonyl (C=O) groups excluding carboxylic acids is 3. The van der Waals surface area contributed by atoms with Gasteiger partial charge in [0.1, 0.15) is 5.56 Å². The summed E-state index contributed by atoms with van der Waals surface area (Å²) >= 11 is 0. The highest BCUT2D eigenvalue weighted by Gasteiger charge is 2.30. The molecule has 0 aliphatic carbocycles. The molecule has 176 valence electrons. The average Bonchev–Trinajstić information content (AvgIpc) is 2.77. The lowest BCUT2D eigenvalue weighted by molar-refractivity contribution is 0.0683. The molecule has 0 bridgehead atoms. The number of Topliss-reactive ketones (excluding diaryl/α,β-unsaturated/α-hetero) is 3. The van der Waals surface area contributed by atoms with Gasteiger partial charge in [0.05, 0.1) is 5.56 Å². The first kappa shape index (κ1) is 30.8. The van der Waals surface area contributed by atoms with E-state index in [9.17, 15) is 36.7 Å². The molecule has 32 heavy (non-hydrogen) atoms. The maximum Gasteiger partial charge on any atom is 0.339 e. The summed E-state index contributed by atoms with van der Waals surface area (Å²) in [6, 6.07) is 6.84. The van der Waals surface area contributed by atoms with Crippen molar-refractivity contribution in [2.45, 2.75) is 48.5 Å². The summed E-state index contributed by atoms with van der Waals surface area (Å²) in [6.07, 6.45) is 0. The quantitative estimate of drug-likeness (QED) is 0.252. The van der Waals surface area contributed by atoms with Gasteiger partial charge in [0.15, 0.2) is 40.6 Å². The zero-order valence-corrected chi connectivity index (χ0v) is 18.9. The highest BCUT2D eigenvalue weighted by atomic mass is 19.2. The predicted molar refractivity (Wildman–Crippen MR) is 112 cm³/mol. The van der Waals surface area contributed by atoms with Gasteiger partial charge in [-0.15, -0.1) is 0 Å². The van der Waals surface area contributed by atoms with Gasteiger partial charge in [0.2, 0.25) is 0 Å². The van der Waals surface area contributed by atoms with E-state index in [1.165, 1.54) is 13.8 Å². The highest BCUT2D eigenvalue weighted by Crippen LogP contribution is 2.24. The summed E-state index contributed by atoms with van der Waals surface area (Å²) in [5, 5.41) is 8.49. The zero-order chi connectivity index (χ0) is 25.8. The molecule has 0 fully saturated rings. The number of carboxylic acid groups (broad SMARTS) is 1. The van der Waals surface area contributed by atoms with Gasteiger partial charge < -0.3 is 5.11 Å². The Morgan fingerprint density at radius 3 is 1.16 bits per heavy atom. The first-order valence-corrected chi connectivity index (χ1v) is 9.62. The fraction of sp³-hybridized carbons (Fsp3) is 0.304. The molecule has 0 heterocycles. The van der Waals surface area contributed by atoms with Gasteiger partial charge in [0.25, 0.3) is 0 Å². The molecule has 0 unspecified atom stereocenters. The molecule has 0 spiro atoms. The van der Waals surface area contributed by atoms with E-state index in [0.717, 1.165) is 0 Å². The molecular formula is C23H26F4O5. The van der Waals surface area contributed by atoms with Crippen LogP contribution in [0.3, 0.4) is 0 Å². The highest BCUT2D eigenvalue weighted by molar-refractivity contribution is 6.07. The Hall–Kier alpha value is -3.36. The summed E-state index contributed by atoms with van der Waals surface area (Å²) in [7, 11) is 0. The monoisotopic (exact) mass is 458 g/mol. The fourth-order valence-electron chi connectivity index (χ4n) is 2.26. The Morgan fingerprint density at radius 1 is 0.594 bits per heavy atom. The van der Waals surface area contributed by atoms with Crippen LogP contribution in [0.25, 0.3) is 0 Å². The second-order valence-corrected chi connectivity index (χ2v) is 5.53. The largest absolute Gasteiger partial charge is 0.478 e. The number of ketones is 3. The van der Waals surface area contributed by atoms with E-state index in [0.29, 0.717) is 18.1 Å². The summed E-state index contributed by atoms with van der Waals surface area (Å²) in [5.41, 5.74) is -1.82.